The van der Waals surface area contributed by atoms with Crippen molar-refractivity contribution in [2.75, 3.05) is 0 Å². The monoisotopic (exact) mass is 460 g/mol. The second-order valence-electron chi connectivity index (χ2n) is 11.2. The van der Waals surface area contributed by atoms with Crippen molar-refractivity contribution in [3.8, 4) is 0 Å². The van der Waals surface area contributed by atoms with Crippen LogP contribution in [0.5, 0.6) is 0 Å². The molecule has 4 aromatic rings. The Hall–Kier alpha value is -3.08. The number of rotatable bonds is 3. The number of hydrogen-bond donors (Lipinski definition) is 0. The van der Waals surface area contributed by atoms with E-state index in [0.29, 0.717) is 0 Å². The van der Waals surface area contributed by atoms with Crippen molar-refractivity contribution in [3.63, 3.8) is 0 Å². The van der Waals surface area contributed by atoms with E-state index in [4.69, 9.17) is 13.7 Å². The van der Waals surface area contributed by atoms with Crippen molar-refractivity contribution in [2.24, 2.45) is 5.92 Å². The van der Waals surface area contributed by atoms with Crippen LogP contribution in [0.3, 0.4) is 0 Å². The average Bonchev–Trinajstić information content (AvgIpc) is 3.34. The van der Waals surface area contributed by atoms with Gasteiger partial charge in [0.2, 0.25) is 0 Å². The summed E-state index contributed by atoms with van der Waals surface area (Å²) in [6.45, 7) is 8.49. The Kier molecular flexibility index (Phi) is 4.24. The van der Waals surface area contributed by atoms with Crippen LogP contribution in [-0.4, -0.2) is 18.3 Å². The highest BCUT2D eigenvalue weighted by Gasteiger charge is 2.59. The lowest BCUT2D eigenvalue weighted by Crippen LogP contribution is -2.46. The normalized spacial score (nSPS) is 23.0. The van der Waals surface area contributed by atoms with E-state index < -0.39 is 23.7 Å². The molecule has 3 nitrogen and oxygen atoms in total. The number of allylic oxidation sites excluding steroid dienone is 1. The zero-order valence-electron chi connectivity index (χ0n) is 20.7. The fourth-order valence-electron chi connectivity index (χ4n) is 6.54. The van der Waals surface area contributed by atoms with E-state index in [0.717, 1.165) is 23.2 Å². The lowest BCUT2D eigenvalue weighted by atomic mass is 9.49. The molecule has 0 spiro atoms. The molecular weight excluding hydrogens is 431 g/mol. The molecule has 3 aliphatic rings. The minimum atomic E-state index is -0.435. The zero-order valence-corrected chi connectivity index (χ0v) is 20.7. The molecule has 0 amide bonds. The van der Waals surface area contributed by atoms with Gasteiger partial charge < -0.3 is 13.7 Å². The second-order valence-corrected chi connectivity index (χ2v) is 11.2. The molecule has 1 unspecified atom stereocenters. The van der Waals surface area contributed by atoms with Gasteiger partial charge >= 0.3 is 7.12 Å². The highest BCUT2D eigenvalue weighted by atomic mass is 16.7. The maximum atomic E-state index is 6.66. The van der Waals surface area contributed by atoms with Gasteiger partial charge in [-0.05, 0) is 74.3 Å². The van der Waals surface area contributed by atoms with Gasteiger partial charge in [-0.15, -0.1) is 0 Å². The average molecular weight is 460 g/mol. The molecule has 1 aromatic heterocycles. The highest BCUT2D eigenvalue weighted by Crippen LogP contribution is 2.59. The van der Waals surface area contributed by atoms with E-state index >= 15 is 0 Å². The van der Waals surface area contributed by atoms with Crippen LogP contribution in [0.2, 0.25) is 0 Å². The van der Waals surface area contributed by atoms with Gasteiger partial charge in [0.15, 0.2) is 0 Å². The molecule has 7 rings (SSSR count). The molecule has 1 aliphatic heterocycles. The van der Waals surface area contributed by atoms with Crippen molar-refractivity contribution in [2.45, 2.75) is 50.7 Å². The first-order valence-electron chi connectivity index (χ1n) is 12.6. The van der Waals surface area contributed by atoms with Gasteiger partial charge in [-0.25, -0.2) is 0 Å². The number of furan rings is 1. The lowest BCUT2D eigenvalue weighted by molar-refractivity contribution is 0.00578. The fourth-order valence-corrected chi connectivity index (χ4v) is 6.54. The Bertz CT molecular complexity index is 1420. The Morgan fingerprint density at radius 1 is 0.743 bits per heavy atom. The van der Waals surface area contributed by atoms with E-state index in [2.05, 4.69) is 113 Å². The predicted octanol–water partition coefficient (Wildman–Crippen LogP) is 6.97. The first kappa shape index (κ1) is 21.2. The van der Waals surface area contributed by atoms with Crippen molar-refractivity contribution >= 4 is 24.2 Å². The van der Waals surface area contributed by atoms with Gasteiger partial charge in [-0.2, -0.15) is 0 Å². The third kappa shape index (κ3) is 2.70. The van der Waals surface area contributed by atoms with Crippen LogP contribution in [0.4, 0.5) is 0 Å². The molecule has 4 heteroatoms. The van der Waals surface area contributed by atoms with E-state index in [9.17, 15) is 0 Å². The summed E-state index contributed by atoms with van der Waals surface area (Å²) in [6, 6.07) is 28.4. The van der Waals surface area contributed by atoms with Crippen LogP contribution in [0.15, 0.2) is 88.8 Å². The van der Waals surface area contributed by atoms with Gasteiger partial charge in [0, 0.05) is 10.9 Å². The van der Waals surface area contributed by atoms with Gasteiger partial charge in [-0.1, -0.05) is 72.8 Å². The fraction of sp³-hybridized carbons (Fsp3) is 0.290. The molecular formula is C31H29BO3. The van der Waals surface area contributed by atoms with E-state index in [-0.39, 0.29) is 5.92 Å². The summed E-state index contributed by atoms with van der Waals surface area (Å²) in [7, 11) is -0.435. The van der Waals surface area contributed by atoms with Crippen LogP contribution in [0, 0.1) is 5.92 Å². The SMILES string of the molecule is CC1(C)OB(C2=Cc3oc4cccc5c4c3CC2C5(c2ccccc2)c2ccccc2)OC1(C)C. The number of hydrogen-bond acceptors (Lipinski definition) is 3. The molecule has 0 radical (unpaired) electrons. The number of fused-ring (bicyclic) bond motifs is 1. The standard InChI is InChI=1S/C31H29BO3/c1-29(2)30(3,4)35-32(34-29)25-19-27-22-18-24(25)31(20-12-7-5-8-13-20,21-14-9-6-10-15-21)23-16-11-17-26(33-27)28(22)23/h5-17,19,24H,18H2,1-4H3. The molecule has 35 heavy (non-hydrogen) atoms. The van der Waals surface area contributed by atoms with Crippen molar-refractivity contribution in [1.82, 2.24) is 0 Å². The molecule has 2 bridgehead atoms. The first-order valence-corrected chi connectivity index (χ1v) is 12.6. The predicted molar refractivity (Wildman–Crippen MR) is 140 cm³/mol. The molecule has 1 fully saturated rings. The molecule has 2 aliphatic carbocycles. The Balaban J connectivity index is 1.57. The quantitative estimate of drug-likeness (QED) is 0.310. The van der Waals surface area contributed by atoms with Crippen LogP contribution in [0.25, 0.3) is 17.0 Å². The smallest absolute Gasteiger partial charge is 0.456 e. The molecule has 1 atom stereocenters. The third-order valence-electron chi connectivity index (χ3n) is 8.88. The molecule has 1 saturated heterocycles. The largest absolute Gasteiger partial charge is 0.491 e. The van der Waals surface area contributed by atoms with Crippen LogP contribution < -0.4 is 0 Å². The first-order chi connectivity index (χ1) is 16.8. The molecule has 0 N–H and O–H groups in total. The van der Waals surface area contributed by atoms with E-state index in [1.165, 1.54) is 27.6 Å². The lowest BCUT2D eigenvalue weighted by Gasteiger charge is -2.48. The molecule has 2 heterocycles. The van der Waals surface area contributed by atoms with Crippen molar-refractivity contribution in [3.05, 3.63) is 112 Å². The van der Waals surface area contributed by atoms with Crippen molar-refractivity contribution in [1.29, 1.82) is 0 Å². The topological polar surface area (TPSA) is 31.6 Å². The van der Waals surface area contributed by atoms with E-state index in [1.54, 1.807) is 0 Å². The van der Waals surface area contributed by atoms with Gasteiger partial charge in [0.1, 0.15) is 11.3 Å². The van der Waals surface area contributed by atoms with Crippen LogP contribution in [-0.2, 0) is 21.1 Å². The maximum Gasteiger partial charge on any atom is 0.491 e. The second kappa shape index (κ2) is 6.99. The van der Waals surface area contributed by atoms with Gasteiger partial charge in [0.05, 0.1) is 16.6 Å². The summed E-state index contributed by atoms with van der Waals surface area (Å²) >= 11 is 0. The Morgan fingerprint density at radius 3 is 1.94 bits per heavy atom. The summed E-state index contributed by atoms with van der Waals surface area (Å²) in [5, 5.41) is 1.26. The summed E-state index contributed by atoms with van der Waals surface area (Å²) in [6.07, 6.45) is 3.11. The number of benzene rings is 3. The third-order valence-corrected chi connectivity index (χ3v) is 8.88. The van der Waals surface area contributed by atoms with Crippen LogP contribution in [0.1, 0.15) is 55.7 Å². The van der Waals surface area contributed by atoms with Gasteiger partial charge in [-0.3, -0.25) is 0 Å². The van der Waals surface area contributed by atoms with Crippen LogP contribution >= 0.6 is 0 Å². The summed E-state index contributed by atoms with van der Waals surface area (Å²) in [5.74, 6) is 1.08. The summed E-state index contributed by atoms with van der Waals surface area (Å²) < 4.78 is 19.8. The molecule has 3 aromatic carbocycles. The molecule has 0 saturated carbocycles. The Morgan fingerprint density at radius 2 is 1.34 bits per heavy atom. The molecule has 174 valence electrons. The maximum absolute atomic E-state index is 6.66. The van der Waals surface area contributed by atoms with Crippen molar-refractivity contribution < 1.29 is 13.7 Å². The Labute approximate surface area is 206 Å². The minimum absolute atomic E-state index is 0.130. The minimum Gasteiger partial charge on any atom is -0.456 e. The van der Waals surface area contributed by atoms with E-state index in [1.807, 2.05) is 0 Å². The zero-order chi connectivity index (χ0) is 24.0. The summed E-state index contributed by atoms with van der Waals surface area (Å²) in [5.41, 5.74) is 6.05. The highest BCUT2D eigenvalue weighted by molar-refractivity contribution is 6.56. The van der Waals surface area contributed by atoms with Gasteiger partial charge in [0.25, 0.3) is 0 Å². The summed E-state index contributed by atoms with van der Waals surface area (Å²) in [4.78, 5) is 0.